The molecule has 4 aromatic heterocycles. The molecule has 0 aliphatic carbocycles. The molecule has 4 aromatic carbocycles. The Hall–Kier alpha value is -4.91. The van der Waals surface area contributed by atoms with Gasteiger partial charge in [0.05, 0.1) is 33.1 Å². The molecule has 36 heavy (non-hydrogen) atoms. The standard InChI is InChI=1S/C29H19N7/c1-14-33-25-18-7-5-16(12-21(18)23-20(27(25)35-14)4-3-9-30-23)17-6-8-19-22(13-17)24-28(32-11-10-31-24)29-26(19)34-15(2)36-29/h3-13H,1-2H3,(H,33,35)(H,34,36). The van der Waals surface area contributed by atoms with Crippen molar-refractivity contribution >= 4 is 65.5 Å². The predicted molar refractivity (Wildman–Crippen MR) is 144 cm³/mol. The van der Waals surface area contributed by atoms with Crippen molar-refractivity contribution in [1.29, 1.82) is 0 Å². The maximum Gasteiger partial charge on any atom is 0.115 e. The smallest absolute Gasteiger partial charge is 0.115 e. The highest BCUT2D eigenvalue weighted by molar-refractivity contribution is 6.23. The van der Waals surface area contributed by atoms with Crippen LogP contribution in [0.25, 0.3) is 76.7 Å². The van der Waals surface area contributed by atoms with Crippen molar-refractivity contribution in [3.05, 3.63) is 78.8 Å². The molecule has 0 amide bonds. The molecule has 0 unspecified atom stereocenters. The molecule has 2 N–H and O–H groups in total. The van der Waals surface area contributed by atoms with Crippen molar-refractivity contribution in [3.8, 4) is 11.1 Å². The second-order valence-corrected chi connectivity index (χ2v) is 9.27. The summed E-state index contributed by atoms with van der Waals surface area (Å²) in [5, 5.41) is 5.37. The molecule has 0 fully saturated rings. The zero-order valence-electron chi connectivity index (χ0n) is 19.6. The lowest BCUT2D eigenvalue weighted by Gasteiger charge is -2.10. The number of rotatable bonds is 1. The molecule has 0 bridgehead atoms. The Kier molecular flexibility index (Phi) is 3.68. The quantitative estimate of drug-likeness (QED) is 0.269. The lowest BCUT2D eigenvalue weighted by atomic mass is 9.96. The number of aromatic nitrogens is 7. The number of nitrogens with one attached hydrogen (secondary N) is 2. The summed E-state index contributed by atoms with van der Waals surface area (Å²) in [6.45, 7) is 3.95. The van der Waals surface area contributed by atoms with Crippen LogP contribution in [0.3, 0.4) is 0 Å². The molecule has 7 heteroatoms. The zero-order chi connectivity index (χ0) is 24.0. The van der Waals surface area contributed by atoms with Crippen LogP contribution in [-0.2, 0) is 0 Å². The fraction of sp³-hybridized carbons (Fsp3) is 0.0690. The highest BCUT2D eigenvalue weighted by Crippen LogP contribution is 2.37. The largest absolute Gasteiger partial charge is 0.342 e. The van der Waals surface area contributed by atoms with Gasteiger partial charge in [-0.25, -0.2) is 9.97 Å². The van der Waals surface area contributed by atoms with Crippen LogP contribution < -0.4 is 0 Å². The normalized spacial score (nSPS) is 12.2. The van der Waals surface area contributed by atoms with Crippen molar-refractivity contribution in [3.63, 3.8) is 0 Å². The predicted octanol–water partition coefficient (Wildman–Crippen LogP) is 6.52. The van der Waals surface area contributed by atoms with Gasteiger partial charge in [0.15, 0.2) is 0 Å². The van der Waals surface area contributed by atoms with Crippen molar-refractivity contribution < 1.29 is 0 Å². The summed E-state index contributed by atoms with van der Waals surface area (Å²) in [5.41, 5.74) is 8.74. The minimum atomic E-state index is 0.837. The summed E-state index contributed by atoms with van der Waals surface area (Å²) >= 11 is 0. The number of benzene rings is 4. The van der Waals surface area contributed by atoms with E-state index in [0.29, 0.717) is 0 Å². The van der Waals surface area contributed by atoms with Crippen LogP contribution in [0.15, 0.2) is 67.1 Å². The van der Waals surface area contributed by atoms with Crippen LogP contribution in [0.4, 0.5) is 0 Å². The molecule has 0 aliphatic heterocycles. The lowest BCUT2D eigenvalue weighted by Crippen LogP contribution is -1.89. The first-order chi connectivity index (χ1) is 17.7. The van der Waals surface area contributed by atoms with E-state index in [1.807, 2.05) is 26.1 Å². The fourth-order valence-electron chi connectivity index (χ4n) is 5.53. The van der Waals surface area contributed by atoms with E-state index < -0.39 is 0 Å². The number of hydrogen-bond donors (Lipinski definition) is 2. The third-order valence-corrected chi connectivity index (χ3v) is 7.05. The number of hydrogen-bond acceptors (Lipinski definition) is 5. The van der Waals surface area contributed by atoms with E-state index >= 15 is 0 Å². The van der Waals surface area contributed by atoms with Gasteiger partial charge in [-0.15, -0.1) is 0 Å². The molecule has 8 rings (SSSR count). The summed E-state index contributed by atoms with van der Waals surface area (Å²) in [4.78, 5) is 30.4. The van der Waals surface area contributed by atoms with Gasteiger partial charge in [0, 0.05) is 45.5 Å². The van der Waals surface area contributed by atoms with Gasteiger partial charge in [0.2, 0.25) is 0 Å². The Bertz CT molecular complexity index is 2030. The second-order valence-electron chi connectivity index (χ2n) is 9.27. The molecule has 0 aliphatic rings. The molecular weight excluding hydrogens is 446 g/mol. The Balaban J connectivity index is 1.45. The summed E-state index contributed by atoms with van der Waals surface area (Å²) in [6.07, 6.45) is 5.32. The van der Waals surface area contributed by atoms with Crippen LogP contribution in [0, 0.1) is 13.8 Å². The maximum absolute atomic E-state index is 4.76. The van der Waals surface area contributed by atoms with Crippen LogP contribution in [0.1, 0.15) is 11.6 Å². The molecule has 0 atom stereocenters. The molecule has 0 radical (unpaired) electrons. The van der Waals surface area contributed by atoms with Crippen molar-refractivity contribution in [2.45, 2.75) is 13.8 Å². The first-order valence-electron chi connectivity index (χ1n) is 11.9. The topological polar surface area (TPSA) is 96.0 Å². The van der Waals surface area contributed by atoms with E-state index in [0.717, 1.165) is 88.3 Å². The summed E-state index contributed by atoms with van der Waals surface area (Å²) < 4.78 is 0. The van der Waals surface area contributed by atoms with Crippen LogP contribution in [0.2, 0.25) is 0 Å². The Morgan fingerprint density at radius 1 is 0.500 bits per heavy atom. The average molecular weight is 466 g/mol. The summed E-state index contributed by atoms with van der Waals surface area (Å²) in [7, 11) is 0. The average Bonchev–Trinajstić information content (AvgIpc) is 3.51. The van der Waals surface area contributed by atoms with Crippen LogP contribution >= 0.6 is 0 Å². The lowest BCUT2D eigenvalue weighted by molar-refractivity contribution is 1.17. The molecule has 0 saturated heterocycles. The fourth-order valence-corrected chi connectivity index (χ4v) is 5.53. The molecular formula is C29H19N7. The third kappa shape index (κ3) is 2.54. The highest BCUT2D eigenvalue weighted by atomic mass is 14.9. The van der Waals surface area contributed by atoms with Crippen molar-refractivity contribution in [2.24, 2.45) is 0 Å². The number of pyridine rings is 1. The van der Waals surface area contributed by atoms with Gasteiger partial charge in [0.1, 0.15) is 17.2 Å². The van der Waals surface area contributed by atoms with E-state index in [-0.39, 0.29) is 0 Å². The van der Waals surface area contributed by atoms with Gasteiger partial charge in [-0.05, 0) is 49.2 Å². The first-order valence-corrected chi connectivity index (χ1v) is 11.9. The minimum absolute atomic E-state index is 0.837. The maximum atomic E-state index is 4.76. The SMILES string of the molecule is Cc1nc2c3cccnc3c3cc(-c4ccc5c(c4)c4nccnc4c4[nH]c(C)nc54)ccc3c2[nH]1. The van der Waals surface area contributed by atoms with Gasteiger partial charge in [-0.3, -0.25) is 15.0 Å². The molecule has 7 nitrogen and oxygen atoms in total. The minimum Gasteiger partial charge on any atom is -0.342 e. The number of fused-ring (bicyclic) bond motifs is 12. The number of H-pyrrole nitrogens is 2. The summed E-state index contributed by atoms with van der Waals surface area (Å²) in [6, 6.07) is 17.1. The van der Waals surface area contributed by atoms with Crippen LogP contribution in [-0.4, -0.2) is 34.9 Å². The molecule has 0 saturated carbocycles. The van der Waals surface area contributed by atoms with E-state index in [4.69, 9.17) is 19.9 Å². The van der Waals surface area contributed by atoms with Gasteiger partial charge < -0.3 is 9.97 Å². The summed E-state index contributed by atoms with van der Waals surface area (Å²) in [5.74, 6) is 1.76. The number of aromatic amines is 2. The highest BCUT2D eigenvalue weighted by Gasteiger charge is 2.16. The Labute approximate surface area is 204 Å². The zero-order valence-corrected chi connectivity index (χ0v) is 19.6. The third-order valence-electron chi connectivity index (χ3n) is 7.05. The Morgan fingerprint density at radius 2 is 1.11 bits per heavy atom. The molecule has 0 spiro atoms. The van der Waals surface area contributed by atoms with E-state index in [1.54, 1.807) is 12.4 Å². The monoisotopic (exact) mass is 465 g/mol. The van der Waals surface area contributed by atoms with Gasteiger partial charge in [-0.2, -0.15) is 0 Å². The van der Waals surface area contributed by atoms with E-state index in [1.165, 1.54) is 0 Å². The van der Waals surface area contributed by atoms with Gasteiger partial charge in [-0.1, -0.05) is 24.3 Å². The number of aryl methyl sites for hydroxylation is 2. The molecule has 4 heterocycles. The van der Waals surface area contributed by atoms with Crippen LogP contribution in [0.5, 0.6) is 0 Å². The molecule has 8 aromatic rings. The number of imidazole rings is 2. The number of nitrogens with zero attached hydrogens (tertiary/aromatic N) is 5. The second kappa shape index (κ2) is 6.82. The van der Waals surface area contributed by atoms with Crippen molar-refractivity contribution in [2.75, 3.05) is 0 Å². The Morgan fingerprint density at radius 3 is 1.89 bits per heavy atom. The first kappa shape index (κ1) is 19.4. The van der Waals surface area contributed by atoms with E-state index in [2.05, 4.69) is 57.4 Å². The van der Waals surface area contributed by atoms with Crippen molar-refractivity contribution in [1.82, 2.24) is 34.9 Å². The molecule has 170 valence electrons. The van der Waals surface area contributed by atoms with E-state index in [9.17, 15) is 0 Å². The van der Waals surface area contributed by atoms with Gasteiger partial charge >= 0.3 is 0 Å². The van der Waals surface area contributed by atoms with Gasteiger partial charge in [0.25, 0.3) is 0 Å².